The molecule has 0 unspecified atom stereocenters. The van der Waals surface area contributed by atoms with Crippen molar-refractivity contribution in [3.8, 4) is 0 Å². The van der Waals surface area contributed by atoms with Gasteiger partial charge >= 0.3 is 0 Å². The third-order valence-electron chi connectivity index (χ3n) is 1.92. The van der Waals surface area contributed by atoms with Crippen molar-refractivity contribution < 1.29 is 18.8 Å². The maximum Gasteiger partial charge on any atom is 0.249 e. The fraction of sp³-hybridized carbons (Fsp3) is 0.200. The van der Waals surface area contributed by atoms with Gasteiger partial charge in [-0.1, -0.05) is 12.1 Å². The lowest BCUT2D eigenvalue weighted by atomic mass is 10.1. The molecule has 1 aromatic carbocycles. The van der Waals surface area contributed by atoms with E-state index in [1.165, 1.54) is 19.1 Å². The molecule has 2 amide bonds. The van der Waals surface area contributed by atoms with E-state index in [0.717, 1.165) is 6.07 Å². The van der Waals surface area contributed by atoms with Crippen molar-refractivity contribution in [2.75, 3.05) is 0 Å². The molecule has 0 bridgehead atoms. The van der Waals surface area contributed by atoms with E-state index in [1.54, 1.807) is 0 Å². The average Bonchev–Trinajstić information content (AvgIpc) is 2.31. The Balaban J connectivity index is 2.97. The topological polar surface area (TPSA) is 104 Å². The normalized spacial score (nSPS) is 9.44. The fourth-order valence-corrected chi connectivity index (χ4v) is 1.21. The summed E-state index contributed by atoms with van der Waals surface area (Å²) in [6.07, 6.45) is 0. The van der Waals surface area contributed by atoms with Gasteiger partial charge in [0.2, 0.25) is 11.8 Å². The highest BCUT2D eigenvalue weighted by molar-refractivity contribution is 5.96. The van der Waals surface area contributed by atoms with Crippen molar-refractivity contribution in [2.45, 2.75) is 13.5 Å². The van der Waals surface area contributed by atoms with Crippen LogP contribution in [-0.4, -0.2) is 11.8 Å². The Hall–Kier alpha value is -2.44. The number of rotatable bonds is 4. The predicted molar refractivity (Wildman–Crippen MR) is 58.5 cm³/mol. The van der Waals surface area contributed by atoms with Crippen LogP contribution < -0.4 is 5.48 Å². The smallest absolute Gasteiger partial charge is 0.249 e. The molecule has 0 spiro atoms. The first-order chi connectivity index (χ1) is 8.56. The van der Waals surface area contributed by atoms with E-state index >= 15 is 0 Å². The van der Waals surface area contributed by atoms with E-state index < -0.39 is 17.6 Å². The molecule has 0 saturated heterocycles. The molecule has 94 valence electrons. The zero-order valence-corrected chi connectivity index (χ0v) is 9.38. The molecule has 0 aromatic heterocycles. The highest BCUT2D eigenvalue weighted by atomic mass is 19.1. The van der Waals surface area contributed by atoms with Gasteiger partial charge in [0.25, 0.3) is 0 Å². The Bertz CT molecular complexity index is 526. The lowest BCUT2D eigenvalue weighted by Gasteiger charge is -2.08. The van der Waals surface area contributed by atoms with Crippen LogP contribution in [0.4, 0.5) is 4.39 Å². The second-order valence-corrected chi connectivity index (χ2v) is 3.21. The molecule has 0 aliphatic carbocycles. The van der Waals surface area contributed by atoms with Gasteiger partial charge in [0, 0.05) is 23.0 Å². The summed E-state index contributed by atoms with van der Waals surface area (Å²) >= 11 is 0. The third kappa shape index (κ3) is 3.55. The summed E-state index contributed by atoms with van der Waals surface area (Å²) < 4.78 is 13.5. The maximum absolute atomic E-state index is 13.5. The first kappa shape index (κ1) is 13.6. The monoisotopic (exact) mass is 252 g/mol. The number of hydroxylamine groups is 1. The van der Waals surface area contributed by atoms with Crippen molar-refractivity contribution in [2.24, 2.45) is 5.11 Å². The number of amides is 2. The van der Waals surface area contributed by atoms with Crippen molar-refractivity contribution in [3.05, 3.63) is 45.6 Å². The van der Waals surface area contributed by atoms with Gasteiger partial charge in [-0.3, -0.25) is 14.4 Å². The van der Waals surface area contributed by atoms with Crippen LogP contribution >= 0.6 is 0 Å². The van der Waals surface area contributed by atoms with Crippen LogP contribution in [0.15, 0.2) is 23.3 Å². The van der Waals surface area contributed by atoms with Crippen molar-refractivity contribution in [3.63, 3.8) is 0 Å². The van der Waals surface area contributed by atoms with E-state index in [2.05, 4.69) is 10.0 Å². The summed E-state index contributed by atoms with van der Waals surface area (Å²) in [6, 6.07) is 3.73. The van der Waals surface area contributed by atoms with Gasteiger partial charge in [0.1, 0.15) is 12.4 Å². The molecular formula is C10H9FN4O3. The summed E-state index contributed by atoms with van der Waals surface area (Å²) in [6.45, 7) is 0.863. The SMILES string of the molecule is CC(=O)NOCc1c(F)cccc1C(=O)N=[N+]=[N-]. The highest BCUT2D eigenvalue weighted by Crippen LogP contribution is 2.15. The number of carbonyl (C=O) groups excluding carboxylic acids is 2. The zero-order chi connectivity index (χ0) is 13.5. The molecule has 0 atom stereocenters. The molecule has 18 heavy (non-hydrogen) atoms. The van der Waals surface area contributed by atoms with E-state index in [9.17, 15) is 14.0 Å². The van der Waals surface area contributed by atoms with Gasteiger partial charge in [0.15, 0.2) is 0 Å². The van der Waals surface area contributed by atoms with Crippen LogP contribution in [0, 0.1) is 5.82 Å². The first-order valence-corrected chi connectivity index (χ1v) is 4.81. The van der Waals surface area contributed by atoms with Crippen molar-refractivity contribution in [1.82, 2.24) is 5.48 Å². The maximum atomic E-state index is 13.5. The van der Waals surface area contributed by atoms with Gasteiger partial charge in [0.05, 0.1) is 0 Å². The standard InChI is InChI=1S/C10H9FN4O3/c1-6(16)14-18-5-8-7(10(17)13-15-12)3-2-4-9(8)11/h2-4H,5H2,1H3,(H,14,16). The number of benzene rings is 1. The second kappa shape index (κ2) is 6.33. The Morgan fingerprint density at radius 3 is 2.89 bits per heavy atom. The molecule has 0 saturated carbocycles. The Morgan fingerprint density at radius 1 is 1.56 bits per heavy atom. The van der Waals surface area contributed by atoms with Crippen LogP contribution in [0.3, 0.4) is 0 Å². The minimum Gasteiger partial charge on any atom is -0.287 e. The van der Waals surface area contributed by atoms with Crippen LogP contribution in [0.2, 0.25) is 0 Å². The van der Waals surface area contributed by atoms with Crippen LogP contribution in [-0.2, 0) is 16.2 Å². The number of hydrogen-bond acceptors (Lipinski definition) is 3. The fourth-order valence-electron chi connectivity index (χ4n) is 1.21. The summed E-state index contributed by atoms with van der Waals surface area (Å²) in [7, 11) is 0. The molecule has 1 aromatic rings. The summed E-state index contributed by atoms with van der Waals surface area (Å²) in [5, 5.41) is 2.87. The van der Waals surface area contributed by atoms with E-state index in [4.69, 9.17) is 10.4 Å². The Morgan fingerprint density at radius 2 is 2.28 bits per heavy atom. The zero-order valence-electron chi connectivity index (χ0n) is 9.38. The summed E-state index contributed by atoms with van der Waals surface area (Å²) in [5.41, 5.74) is 9.95. The largest absolute Gasteiger partial charge is 0.287 e. The van der Waals surface area contributed by atoms with Gasteiger partial charge < -0.3 is 0 Å². The molecule has 1 rings (SSSR count). The second-order valence-electron chi connectivity index (χ2n) is 3.21. The van der Waals surface area contributed by atoms with Gasteiger partial charge in [-0.05, 0) is 16.7 Å². The lowest BCUT2D eigenvalue weighted by Crippen LogP contribution is -2.21. The lowest BCUT2D eigenvalue weighted by molar-refractivity contribution is -0.132. The van der Waals surface area contributed by atoms with Crippen molar-refractivity contribution in [1.29, 1.82) is 0 Å². The molecule has 7 nitrogen and oxygen atoms in total. The molecule has 0 aliphatic heterocycles. The number of azide groups is 1. The molecule has 0 radical (unpaired) electrons. The molecule has 0 fully saturated rings. The number of carbonyl (C=O) groups is 2. The molecule has 0 heterocycles. The number of nitrogens with zero attached hydrogens (tertiary/aromatic N) is 3. The predicted octanol–water partition coefficient (Wildman–Crippen LogP) is 1.84. The Labute approximate surface area is 101 Å². The minimum atomic E-state index is -0.918. The van der Waals surface area contributed by atoms with Crippen molar-refractivity contribution >= 4 is 11.8 Å². The molecular weight excluding hydrogens is 243 g/mol. The number of nitrogens with one attached hydrogen (secondary N) is 1. The number of hydrogen-bond donors (Lipinski definition) is 1. The van der Waals surface area contributed by atoms with Gasteiger partial charge in [-0.15, -0.1) is 0 Å². The van der Waals surface area contributed by atoms with Crippen LogP contribution in [0.5, 0.6) is 0 Å². The van der Waals surface area contributed by atoms with Crippen LogP contribution in [0.1, 0.15) is 22.8 Å². The molecule has 0 aliphatic rings. The van der Waals surface area contributed by atoms with Crippen LogP contribution in [0.25, 0.3) is 10.4 Å². The van der Waals surface area contributed by atoms with Gasteiger partial charge in [-0.2, -0.15) is 0 Å². The highest BCUT2D eigenvalue weighted by Gasteiger charge is 2.14. The van der Waals surface area contributed by atoms with E-state index in [1.807, 2.05) is 5.48 Å². The third-order valence-corrected chi connectivity index (χ3v) is 1.92. The molecule has 8 heteroatoms. The summed E-state index contributed by atoms with van der Waals surface area (Å²) in [5.74, 6) is -2.08. The summed E-state index contributed by atoms with van der Waals surface area (Å²) in [4.78, 5) is 29.0. The van der Waals surface area contributed by atoms with E-state index in [-0.39, 0.29) is 17.7 Å². The molecule has 1 N–H and O–H groups in total. The average molecular weight is 252 g/mol. The van der Waals surface area contributed by atoms with Gasteiger partial charge in [-0.25, -0.2) is 9.87 Å². The first-order valence-electron chi connectivity index (χ1n) is 4.81. The number of halogens is 1. The van der Waals surface area contributed by atoms with E-state index in [0.29, 0.717) is 0 Å². The quantitative estimate of drug-likeness (QED) is 0.382. The Kier molecular flexibility index (Phi) is 4.79. The minimum absolute atomic E-state index is 0.0938.